The third-order valence-corrected chi connectivity index (χ3v) is 7.05. The van der Waals surface area contributed by atoms with Crippen LogP contribution in [0.15, 0.2) is 29.3 Å². The van der Waals surface area contributed by atoms with Crippen LogP contribution in [-0.2, 0) is 11.0 Å². The second-order valence-electron chi connectivity index (χ2n) is 8.17. The monoisotopic (exact) mass is 456 g/mol. The van der Waals surface area contributed by atoms with Crippen molar-refractivity contribution in [2.75, 3.05) is 20.1 Å². The molecule has 3 rings (SSSR count). The molecule has 1 aromatic rings. The molecule has 0 spiro atoms. The predicted molar refractivity (Wildman–Crippen MR) is 115 cm³/mol. The van der Waals surface area contributed by atoms with E-state index in [2.05, 4.69) is 15.6 Å². The van der Waals surface area contributed by atoms with E-state index in [0.717, 1.165) is 18.9 Å². The van der Waals surface area contributed by atoms with E-state index in [9.17, 15) is 22.8 Å². The van der Waals surface area contributed by atoms with Gasteiger partial charge in [0.15, 0.2) is 5.17 Å². The van der Waals surface area contributed by atoms with Gasteiger partial charge in [0.1, 0.15) is 0 Å². The van der Waals surface area contributed by atoms with Crippen molar-refractivity contribution in [2.45, 2.75) is 50.1 Å². The molecular formula is C21H27F3N4O2S. The van der Waals surface area contributed by atoms with Gasteiger partial charge in [-0.1, -0.05) is 30.0 Å². The Labute approximate surface area is 184 Å². The third kappa shape index (κ3) is 5.34. The van der Waals surface area contributed by atoms with Gasteiger partial charge in [0.25, 0.3) is 0 Å². The number of piperidine rings is 1. The molecule has 170 valence electrons. The van der Waals surface area contributed by atoms with Crippen LogP contribution in [0.1, 0.15) is 50.3 Å². The molecule has 2 unspecified atom stereocenters. The molecule has 0 aliphatic carbocycles. The molecule has 31 heavy (non-hydrogen) atoms. The molecule has 2 atom stereocenters. The van der Waals surface area contributed by atoms with Gasteiger partial charge in [0.2, 0.25) is 5.91 Å². The first-order chi connectivity index (χ1) is 14.5. The quantitative estimate of drug-likeness (QED) is 0.714. The number of likely N-dealkylation sites (tertiary alicyclic amines) is 1. The summed E-state index contributed by atoms with van der Waals surface area (Å²) in [5.41, 5.74) is -0.640. The zero-order valence-corrected chi connectivity index (χ0v) is 18.6. The van der Waals surface area contributed by atoms with Crippen molar-refractivity contribution >= 4 is 28.9 Å². The highest BCUT2D eigenvalue weighted by atomic mass is 32.2. The highest BCUT2D eigenvalue weighted by Crippen LogP contribution is 2.41. The second kappa shape index (κ2) is 9.10. The van der Waals surface area contributed by atoms with Gasteiger partial charge < -0.3 is 15.5 Å². The molecular weight excluding hydrogens is 429 g/mol. The Morgan fingerprint density at radius 1 is 1.35 bits per heavy atom. The number of amidine groups is 1. The minimum Gasteiger partial charge on any atom is -0.341 e. The average molecular weight is 457 g/mol. The summed E-state index contributed by atoms with van der Waals surface area (Å²) in [4.78, 5) is 30.6. The van der Waals surface area contributed by atoms with E-state index < -0.39 is 22.5 Å². The first kappa shape index (κ1) is 23.4. The standard InChI is InChI=1S/C21H27F3N4O2S/c1-13(15-6-4-5-7-16(15)21(22,23)24)26-18-27-17(29)20(2,31-18)12-14-8-10-28(11-9-14)19(30)25-3/h4-7,13-14H,8-12H2,1-3H3,(H,25,30)(H,26,27,29). The summed E-state index contributed by atoms with van der Waals surface area (Å²) in [6, 6.07) is 4.51. The number of carbonyl (C=O) groups is 2. The Hall–Kier alpha value is -2.23. The molecule has 0 saturated carbocycles. The van der Waals surface area contributed by atoms with Crippen LogP contribution in [0.5, 0.6) is 0 Å². The highest BCUT2D eigenvalue weighted by Gasteiger charge is 2.44. The van der Waals surface area contributed by atoms with Crippen molar-refractivity contribution in [1.82, 2.24) is 15.5 Å². The zero-order valence-electron chi connectivity index (χ0n) is 17.8. The number of rotatable bonds is 4. The van der Waals surface area contributed by atoms with Crippen LogP contribution >= 0.6 is 11.8 Å². The molecule has 2 N–H and O–H groups in total. The lowest BCUT2D eigenvalue weighted by Gasteiger charge is -2.34. The van der Waals surface area contributed by atoms with Crippen molar-refractivity contribution < 1.29 is 22.8 Å². The molecule has 0 radical (unpaired) electrons. The van der Waals surface area contributed by atoms with Crippen LogP contribution in [0.2, 0.25) is 0 Å². The number of nitrogens with zero attached hydrogens (tertiary/aromatic N) is 2. The van der Waals surface area contributed by atoms with E-state index in [1.807, 2.05) is 6.92 Å². The predicted octanol–water partition coefficient (Wildman–Crippen LogP) is 4.19. The number of urea groups is 1. The van der Waals surface area contributed by atoms with E-state index in [-0.39, 0.29) is 23.4 Å². The Bertz CT molecular complexity index is 868. The summed E-state index contributed by atoms with van der Waals surface area (Å²) in [7, 11) is 1.60. The van der Waals surface area contributed by atoms with Crippen LogP contribution in [0.25, 0.3) is 0 Å². The SMILES string of the molecule is CNC(=O)N1CCC(CC2(C)SC(=NC(C)c3ccccc3C(F)(F)F)NC2=O)CC1. The number of aliphatic imine (C=N–C) groups is 1. The maximum absolute atomic E-state index is 13.3. The molecule has 6 nitrogen and oxygen atoms in total. The van der Waals surface area contributed by atoms with Crippen LogP contribution in [0.3, 0.4) is 0 Å². The highest BCUT2D eigenvalue weighted by molar-refractivity contribution is 8.16. The van der Waals surface area contributed by atoms with Crippen LogP contribution in [0, 0.1) is 5.92 Å². The van der Waals surface area contributed by atoms with Gasteiger partial charge in [0.05, 0.1) is 16.4 Å². The number of nitrogens with one attached hydrogen (secondary N) is 2. The maximum Gasteiger partial charge on any atom is 0.416 e. The van der Waals surface area contributed by atoms with Crippen molar-refractivity contribution in [3.63, 3.8) is 0 Å². The first-order valence-electron chi connectivity index (χ1n) is 10.2. The lowest BCUT2D eigenvalue weighted by atomic mass is 9.87. The van der Waals surface area contributed by atoms with E-state index >= 15 is 0 Å². The average Bonchev–Trinajstić information content (AvgIpc) is 3.00. The Morgan fingerprint density at radius 3 is 2.61 bits per heavy atom. The molecule has 2 fully saturated rings. The van der Waals surface area contributed by atoms with E-state index in [1.165, 1.54) is 23.9 Å². The van der Waals surface area contributed by atoms with E-state index in [1.54, 1.807) is 24.9 Å². The summed E-state index contributed by atoms with van der Waals surface area (Å²) >= 11 is 1.28. The number of benzene rings is 1. The van der Waals surface area contributed by atoms with Gasteiger partial charge in [-0.25, -0.2) is 4.79 Å². The Morgan fingerprint density at radius 2 is 2.00 bits per heavy atom. The summed E-state index contributed by atoms with van der Waals surface area (Å²) in [5, 5.41) is 5.71. The summed E-state index contributed by atoms with van der Waals surface area (Å²) in [5.74, 6) is 0.105. The number of halogens is 3. The molecule has 2 aliphatic heterocycles. The lowest BCUT2D eigenvalue weighted by Crippen LogP contribution is -2.44. The fourth-order valence-electron chi connectivity index (χ4n) is 4.12. The van der Waals surface area contributed by atoms with Crippen molar-refractivity contribution in [2.24, 2.45) is 10.9 Å². The van der Waals surface area contributed by atoms with Crippen LogP contribution in [-0.4, -0.2) is 46.9 Å². The van der Waals surface area contributed by atoms with Gasteiger partial charge in [-0.3, -0.25) is 9.79 Å². The van der Waals surface area contributed by atoms with Crippen molar-refractivity contribution in [3.8, 4) is 0 Å². The number of hydrogen-bond donors (Lipinski definition) is 2. The fraction of sp³-hybridized carbons (Fsp3) is 0.571. The number of thioether (sulfide) groups is 1. The molecule has 2 heterocycles. The number of amides is 3. The van der Waals surface area contributed by atoms with E-state index in [0.29, 0.717) is 24.7 Å². The summed E-state index contributed by atoms with van der Waals surface area (Å²) in [6.07, 6.45) is -2.23. The summed E-state index contributed by atoms with van der Waals surface area (Å²) < 4.78 is 39.2. The molecule has 3 amide bonds. The van der Waals surface area contributed by atoms with Crippen molar-refractivity contribution in [3.05, 3.63) is 35.4 Å². The van der Waals surface area contributed by atoms with Gasteiger partial charge in [-0.15, -0.1) is 0 Å². The van der Waals surface area contributed by atoms with Crippen LogP contribution in [0.4, 0.5) is 18.0 Å². The molecule has 0 bridgehead atoms. The molecule has 0 aromatic heterocycles. The van der Waals surface area contributed by atoms with Gasteiger partial charge in [0, 0.05) is 20.1 Å². The number of alkyl halides is 3. The van der Waals surface area contributed by atoms with Gasteiger partial charge in [-0.2, -0.15) is 13.2 Å². The van der Waals surface area contributed by atoms with Crippen LogP contribution < -0.4 is 10.6 Å². The number of hydrogen-bond acceptors (Lipinski definition) is 4. The Balaban J connectivity index is 1.67. The van der Waals surface area contributed by atoms with Crippen molar-refractivity contribution in [1.29, 1.82) is 0 Å². The van der Waals surface area contributed by atoms with E-state index in [4.69, 9.17) is 0 Å². The zero-order chi connectivity index (χ0) is 22.8. The second-order valence-corrected chi connectivity index (χ2v) is 9.66. The smallest absolute Gasteiger partial charge is 0.341 e. The fourth-order valence-corrected chi connectivity index (χ4v) is 5.37. The lowest BCUT2D eigenvalue weighted by molar-refractivity contribution is -0.138. The molecule has 1 aromatic carbocycles. The normalized spacial score (nSPS) is 24.9. The minimum absolute atomic E-state index is 0.0764. The Kier molecular flexibility index (Phi) is 6.88. The molecule has 2 saturated heterocycles. The molecule has 10 heteroatoms. The first-order valence-corrected chi connectivity index (χ1v) is 11.1. The topological polar surface area (TPSA) is 73.8 Å². The summed E-state index contributed by atoms with van der Waals surface area (Å²) in [6.45, 7) is 4.71. The maximum atomic E-state index is 13.3. The van der Waals surface area contributed by atoms with Gasteiger partial charge >= 0.3 is 12.2 Å². The largest absolute Gasteiger partial charge is 0.416 e. The number of carbonyl (C=O) groups excluding carboxylic acids is 2. The molecule has 2 aliphatic rings. The third-order valence-electron chi connectivity index (χ3n) is 5.84. The van der Waals surface area contributed by atoms with Gasteiger partial charge in [-0.05, 0) is 50.7 Å². The minimum atomic E-state index is -4.46.